The SMILES string of the molecule is CCc1ccccc1NCc1cccc(Oc2ccccc2)c1. The van der Waals surface area contributed by atoms with Gasteiger partial charge in [-0.25, -0.2) is 0 Å². The Kier molecular flexibility index (Phi) is 4.95. The van der Waals surface area contributed by atoms with Crippen molar-refractivity contribution in [3.05, 3.63) is 90.0 Å². The number of benzene rings is 3. The van der Waals surface area contributed by atoms with Crippen molar-refractivity contribution in [3.63, 3.8) is 0 Å². The van der Waals surface area contributed by atoms with Crippen LogP contribution < -0.4 is 10.1 Å². The molecule has 0 heterocycles. The van der Waals surface area contributed by atoms with Gasteiger partial charge in [-0.05, 0) is 47.9 Å². The van der Waals surface area contributed by atoms with Crippen LogP contribution in [0.3, 0.4) is 0 Å². The lowest BCUT2D eigenvalue weighted by Gasteiger charge is -2.12. The molecule has 0 saturated heterocycles. The van der Waals surface area contributed by atoms with Crippen LogP contribution in [0.2, 0.25) is 0 Å². The van der Waals surface area contributed by atoms with Crippen LogP contribution in [0.15, 0.2) is 78.9 Å². The van der Waals surface area contributed by atoms with Gasteiger partial charge in [0.15, 0.2) is 0 Å². The summed E-state index contributed by atoms with van der Waals surface area (Å²) in [5.41, 5.74) is 3.73. The molecule has 0 aliphatic carbocycles. The second-order valence-corrected chi connectivity index (χ2v) is 5.43. The highest BCUT2D eigenvalue weighted by atomic mass is 16.5. The lowest BCUT2D eigenvalue weighted by Crippen LogP contribution is -2.02. The number of hydrogen-bond donors (Lipinski definition) is 1. The van der Waals surface area contributed by atoms with Gasteiger partial charge in [0.2, 0.25) is 0 Å². The van der Waals surface area contributed by atoms with Crippen molar-refractivity contribution in [1.29, 1.82) is 0 Å². The molecule has 0 aliphatic rings. The van der Waals surface area contributed by atoms with Crippen molar-refractivity contribution in [2.75, 3.05) is 5.32 Å². The maximum Gasteiger partial charge on any atom is 0.127 e. The van der Waals surface area contributed by atoms with Crippen LogP contribution >= 0.6 is 0 Å². The number of ether oxygens (including phenoxy) is 1. The molecule has 0 aromatic heterocycles. The Labute approximate surface area is 137 Å². The first kappa shape index (κ1) is 15.2. The van der Waals surface area contributed by atoms with Gasteiger partial charge in [-0.2, -0.15) is 0 Å². The summed E-state index contributed by atoms with van der Waals surface area (Å²) in [5.74, 6) is 1.72. The Morgan fingerprint density at radius 2 is 1.52 bits per heavy atom. The fourth-order valence-electron chi connectivity index (χ4n) is 2.54. The van der Waals surface area contributed by atoms with Gasteiger partial charge >= 0.3 is 0 Å². The number of nitrogens with one attached hydrogen (secondary N) is 1. The highest BCUT2D eigenvalue weighted by Crippen LogP contribution is 2.23. The summed E-state index contributed by atoms with van der Waals surface area (Å²) in [6.45, 7) is 2.96. The number of anilines is 1. The molecule has 3 aromatic carbocycles. The molecule has 0 atom stereocenters. The van der Waals surface area contributed by atoms with Gasteiger partial charge in [0.25, 0.3) is 0 Å². The van der Waals surface area contributed by atoms with Crippen LogP contribution in [0.5, 0.6) is 11.5 Å². The maximum atomic E-state index is 5.89. The molecule has 2 heteroatoms. The quantitative estimate of drug-likeness (QED) is 0.635. The Morgan fingerprint density at radius 3 is 2.35 bits per heavy atom. The van der Waals surface area contributed by atoms with E-state index in [0.29, 0.717) is 0 Å². The summed E-state index contributed by atoms with van der Waals surface area (Å²) in [7, 11) is 0. The van der Waals surface area contributed by atoms with Gasteiger partial charge in [-0.1, -0.05) is 55.5 Å². The monoisotopic (exact) mass is 303 g/mol. The molecule has 0 fully saturated rings. The minimum atomic E-state index is 0.781. The van der Waals surface area contributed by atoms with Crippen LogP contribution in [-0.4, -0.2) is 0 Å². The Hall–Kier alpha value is -2.74. The van der Waals surface area contributed by atoms with Gasteiger partial charge in [-0.3, -0.25) is 0 Å². The Bertz CT molecular complexity index is 753. The minimum absolute atomic E-state index is 0.781. The minimum Gasteiger partial charge on any atom is -0.457 e. The molecule has 3 rings (SSSR count). The van der Waals surface area contributed by atoms with E-state index in [0.717, 1.165) is 24.5 Å². The van der Waals surface area contributed by atoms with E-state index in [1.54, 1.807) is 0 Å². The molecule has 0 spiro atoms. The van der Waals surface area contributed by atoms with Gasteiger partial charge in [0, 0.05) is 12.2 Å². The van der Waals surface area contributed by atoms with E-state index < -0.39 is 0 Å². The van der Waals surface area contributed by atoms with Crippen molar-refractivity contribution < 1.29 is 4.74 Å². The number of aryl methyl sites for hydroxylation is 1. The molecule has 0 amide bonds. The molecule has 116 valence electrons. The summed E-state index contributed by atoms with van der Waals surface area (Å²) in [6, 6.07) is 26.5. The average molecular weight is 303 g/mol. The third-order valence-electron chi connectivity index (χ3n) is 3.76. The van der Waals surface area contributed by atoms with E-state index in [-0.39, 0.29) is 0 Å². The molecule has 0 radical (unpaired) electrons. The Morgan fingerprint density at radius 1 is 0.783 bits per heavy atom. The summed E-state index contributed by atoms with van der Waals surface area (Å²) in [5, 5.41) is 3.52. The normalized spacial score (nSPS) is 10.3. The molecule has 0 bridgehead atoms. The average Bonchev–Trinajstić information content (AvgIpc) is 2.61. The molecule has 2 nitrogen and oxygen atoms in total. The zero-order chi connectivity index (χ0) is 15.9. The van der Waals surface area contributed by atoms with E-state index in [4.69, 9.17) is 4.74 Å². The van der Waals surface area contributed by atoms with Crippen molar-refractivity contribution in [1.82, 2.24) is 0 Å². The molecular formula is C21H21NO. The van der Waals surface area contributed by atoms with Gasteiger partial charge < -0.3 is 10.1 Å². The zero-order valence-electron chi connectivity index (χ0n) is 13.3. The number of rotatable bonds is 6. The first-order chi connectivity index (χ1) is 11.3. The van der Waals surface area contributed by atoms with Crippen molar-refractivity contribution in [2.24, 2.45) is 0 Å². The lowest BCUT2D eigenvalue weighted by atomic mass is 10.1. The summed E-state index contributed by atoms with van der Waals surface area (Å²) < 4.78 is 5.89. The molecule has 0 aliphatic heterocycles. The highest BCUT2D eigenvalue weighted by Gasteiger charge is 2.01. The maximum absolute atomic E-state index is 5.89. The zero-order valence-corrected chi connectivity index (χ0v) is 13.3. The van der Waals surface area contributed by atoms with Crippen molar-refractivity contribution in [2.45, 2.75) is 19.9 Å². The van der Waals surface area contributed by atoms with E-state index in [2.05, 4.69) is 48.6 Å². The largest absolute Gasteiger partial charge is 0.457 e. The second kappa shape index (κ2) is 7.50. The van der Waals surface area contributed by atoms with Crippen LogP contribution in [0.1, 0.15) is 18.1 Å². The van der Waals surface area contributed by atoms with Crippen LogP contribution in [0, 0.1) is 0 Å². The van der Waals surface area contributed by atoms with Crippen LogP contribution in [0.4, 0.5) is 5.69 Å². The van der Waals surface area contributed by atoms with Crippen molar-refractivity contribution >= 4 is 5.69 Å². The molecule has 0 saturated carbocycles. The molecule has 0 unspecified atom stereocenters. The number of hydrogen-bond acceptors (Lipinski definition) is 2. The lowest BCUT2D eigenvalue weighted by molar-refractivity contribution is 0.482. The van der Waals surface area contributed by atoms with E-state index in [9.17, 15) is 0 Å². The third-order valence-corrected chi connectivity index (χ3v) is 3.76. The fourth-order valence-corrected chi connectivity index (χ4v) is 2.54. The standard InChI is InChI=1S/C21H21NO/c1-2-18-10-6-7-14-21(18)22-16-17-9-8-13-20(15-17)23-19-11-4-3-5-12-19/h3-15,22H,2,16H2,1H3. The first-order valence-electron chi connectivity index (χ1n) is 7.99. The highest BCUT2D eigenvalue weighted by molar-refractivity contribution is 5.51. The number of para-hydroxylation sites is 2. The van der Waals surface area contributed by atoms with E-state index in [1.165, 1.54) is 16.8 Å². The molecule has 3 aromatic rings. The summed E-state index contributed by atoms with van der Waals surface area (Å²) in [4.78, 5) is 0. The fraction of sp³-hybridized carbons (Fsp3) is 0.143. The van der Waals surface area contributed by atoms with Crippen molar-refractivity contribution in [3.8, 4) is 11.5 Å². The predicted octanol–water partition coefficient (Wildman–Crippen LogP) is 5.65. The van der Waals surface area contributed by atoms with Gasteiger partial charge in [-0.15, -0.1) is 0 Å². The molecule has 1 N–H and O–H groups in total. The smallest absolute Gasteiger partial charge is 0.127 e. The topological polar surface area (TPSA) is 21.3 Å². The molecular weight excluding hydrogens is 282 g/mol. The van der Waals surface area contributed by atoms with E-state index in [1.807, 2.05) is 42.5 Å². The summed E-state index contributed by atoms with van der Waals surface area (Å²) in [6.07, 6.45) is 1.03. The third kappa shape index (κ3) is 4.13. The molecule has 23 heavy (non-hydrogen) atoms. The van der Waals surface area contributed by atoms with E-state index >= 15 is 0 Å². The van der Waals surface area contributed by atoms with Gasteiger partial charge in [0.1, 0.15) is 11.5 Å². The van der Waals surface area contributed by atoms with Crippen LogP contribution in [-0.2, 0) is 13.0 Å². The van der Waals surface area contributed by atoms with Gasteiger partial charge in [0.05, 0.1) is 0 Å². The second-order valence-electron chi connectivity index (χ2n) is 5.43. The summed E-state index contributed by atoms with van der Waals surface area (Å²) >= 11 is 0. The first-order valence-corrected chi connectivity index (χ1v) is 7.99. The Balaban J connectivity index is 1.68. The van der Waals surface area contributed by atoms with Crippen LogP contribution in [0.25, 0.3) is 0 Å². The predicted molar refractivity (Wildman–Crippen MR) is 96.1 cm³/mol.